The Kier molecular flexibility index (Phi) is 11.3. The average molecular weight is 368 g/mol. The first-order valence-electron chi connectivity index (χ1n) is 8.94. The van der Waals surface area contributed by atoms with Crippen LogP contribution in [0.3, 0.4) is 0 Å². The molecule has 0 radical (unpaired) electrons. The molecule has 0 fully saturated rings. The monoisotopic (exact) mass is 368 g/mol. The van der Waals surface area contributed by atoms with Gasteiger partial charge in [0.05, 0.1) is 18.6 Å². The van der Waals surface area contributed by atoms with Crippen LogP contribution < -0.4 is 0 Å². The molecule has 6 nitrogen and oxygen atoms in total. The third kappa shape index (κ3) is 10.7. The molecule has 0 saturated carbocycles. The molecule has 0 amide bonds. The minimum Gasteiger partial charge on any atom is -0.465 e. The van der Waals surface area contributed by atoms with Crippen molar-refractivity contribution in [3.63, 3.8) is 0 Å². The molecule has 0 saturated heterocycles. The van der Waals surface area contributed by atoms with Gasteiger partial charge in [-0.3, -0.25) is 4.79 Å². The first kappa shape index (κ1) is 23.9. The molecule has 0 spiro atoms. The number of rotatable bonds is 12. The highest BCUT2D eigenvalue weighted by molar-refractivity contribution is 5.87. The van der Waals surface area contributed by atoms with Gasteiger partial charge in [0.2, 0.25) is 0 Å². The molecule has 0 heterocycles. The summed E-state index contributed by atoms with van der Waals surface area (Å²) in [4.78, 5) is 34.7. The smallest absolute Gasteiger partial charge is 0.333 e. The van der Waals surface area contributed by atoms with Crippen LogP contribution in [0.4, 0.5) is 0 Å². The molecule has 0 aliphatic heterocycles. The van der Waals surface area contributed by atoms with Crippen LogP contribution in [0, 0.1) is 5.92 Å². The van der Waals surface area contributed by atoms with Gasteiger partial charge in [0.1, 0.15) is 6.10 Å². The second kappa shape index (κ2) is 12.3. The Balaban J connectivity index is 3.96. The van der Waals surface area contributed by atoms with Gasteiger partial charge in [0.15, 0.2) is 0 Å². The number of esters is 3. The molecule has 0 N–H and O–H groups in total. The molecule has 6 heteroatoms. The van der Waals surface area contributed by atoms with Gasteiger partial charge in [-0.25, -0.2) is 9.59 Å². The third-order valence-electron chi connectivity index (χ3n) is 3.73. The van der Waals surface area contributed by atoms with E-state index < -0.39 is 11.9 Å². The largest absolute Gasteiger partial charge is 0.465 e. The van der Waals surface area contributed by atoms with E-state index in [1.165, 1.54) is 0 Å². The first-order chi connectivity index (χ1) is 12.0. The van der Waals surface area contributed by atoms with Crippen LogP contribution in [0.2, 0.25) is 0 Å². The van der Waals surface area contributed by atoms with E-state index in [1.807, 2.05) is 6.92 Å². The number of carbonyl (C=O) groups is 3. The summed E-state index contributed by atoms with van der Waals surface area (Å²) in [6, 6.07) is 0. The normalized spacial score (nSPS) is 13.9. The summed E-state index contributed by atoms with van der Waals surface area (Å²) in [6.45, 7) is 15.8. The molecule has 0 bridgehead atoms. The Morgan fingerprint density at radius 2 is 1.27 bits per heavy atom. The fourth-order valence-corrected chi connectivity index (χ4v) is 1.98. The minimum absolute atomic E-state index is 0.195. The van der Waals surface area contributed by atoms with E-state index in [-0.39, 0.29) is 30.7 Å². The predicted octanol–water partition coefficient (Wildman–Crippen LogP) is 3.74. The van der Waals surface area contributed by atoms with Crippen LogP contribution in [-0.2, 0) is 28.6 Å². The number of hydrogen-bond acceptors (Lipinski definition) is 6. The van der Waals surface area contributed by atoms with Crippen LogP contribution in [-0.4, -0.2) is 36.7 Å². The average Bonchev–Trinajstić information content (AvgIpc) is 2.53. The Bertz CT molecular complexity index is 522. The van der Waals surface area contributed by atoms with Crippen molar-refractivity contribution < 1.29 is 28.6 Å². The summed E-state index contributed by atoms with van der Waals surface area (Å²) in [5.74, 6) is -1.37. The predicted molar refractivity (Wildman–Crippen MR) is 99.3 cm³/mol. The van der Waals surface area contributed by atoms with E-state index in [9.17, 15) is 14.4 Å². The Labute approximate surface area is 156 Å². The number of carbonyl (C=O) groups excluding carboxylic acids is 3. The van der Waals surface area contributed by atoms with Crippen LogP contribution in [0.5, 0.6) is 0 Å². The fraction of sp³-hybridized carbons (Fsp3) is 0.650. The lowest BCUT2D eigenvalue weighted by Crippen LogP contribution is -2.21. The van der Waals surface area contributed by atoms with Crippen LogP contribution in [0.1, 0.15) is 60.3 Å². The van der Waals surface area contributed by atoms with Crippen molar-refractivity contribution in [1.82, 2.24) is 0 Å². The van der Waals surface area contributed by atoms with E-state index in [0.29, 0.717) is 30.4 Å². The second-order valence-electron chi connectivity index (χ2n) is 6.78. The van der Waals surface area contributed by atoms with Gasteiger partial charge in [-0.05, 0) is 47.0 Å². The molecule has 26 heavy (non-hydrogen) atoms. The summed E-state index contributed by atoms with van der Waals surface area (Å²) in [5.41, 5.74) is 0.711. The van der Waals surface area contributed by atoms with Gasteiger partial charge < -0.3 is 14.2 Å². The van der Waals surface area contributed by atoms with Gasteiger partial charge in [-0.15, -0.1) is 0 Å². The summed E-state index contributed by atoms with van der Waals surface area (Å²) in [6.07, 6.45) is 1.94. The highest BCUT2D eigenvalue weighted by Gasteiger charge is 2.17. The lowest BCUT2D eigenvalue weighted by atomic mass is 10.0. The van der Waals surface area contributed by atoms with Gasteiger partial charge >= 0.3 is 17.9 Å². The SMILES string of the molecule is C=C(C)C(=O)OC(C)CCCC(C)C(=O)OCCC(C)OC(=O)C(=C)C. The van der Waals surface area contributed by atoms with Crippen molar-refractivity contribution in [1.29, 1.82) is 0 Å². The van der Waals surface area contributed by atoms with Crippen LogP contribution in [0.25, 0.3) is 0 Å². The maximum absolute atomic E-state index is 12.0. The third-order valence-corrected chi connectivity index (χ3v) is 3.73. The van der Waals surface area contributed by atoms with Gasteiger partial charge in [0, 0.05) is 17.6 Å². The quantitative estimate of drug-likeness (QED) is 0.297. The van der Waals surface area contributed by atoms with Crippen LogP contribution in [0.15, 0.2) is 24.3 Å². The molecule has 0 rings (SSSR count). The fourth-order valence-electron chi connectivity index (χ4n) is 1.98. The van der Waals surface area contributed by atoms with E-state index in [1.54, 1.807) is 27.7 Å². The van der Waals surface area contributed by atoms with Crippen molar-refractivity contribution in [2.24, 2.45) is 5.92 Å². The molecule has 0 aromatic heterocycles. The van der Waals surface area contributed by atoms with Crippen molar-refractivity contribution in [2.45, 2.75) is 72.5 Å². The lowest BCUT2D eigenvalue weighted by Gasteiger charge is -2.16. The first-order valence-corrected chi connectivity index (χ1v) is 8.94. The van der Waals surface area contributed by atoms with Gasteiger partial charge in [-0.1, -0.05) is 20.1 Å². The summed E-state index contributed by atoms with van der Waals surface area (Å²) in [5, 5.41) is 0. The molecule has 0 aliphatic rings. The maximum atomic E-state index is 12.0. The maximum Gasteiger partial charge on any atom is 0.333 e. The molecule has 3 unspecified atom stereocenters. The van der Waals surface area contributed by atoms with E-state index in [2.05, 4.69) is 13.2 Å². The van der Waals surface area contributed by atoms with E-state index in [0.717, 1.165) is 6.42 Å². The molecule has 148 valence electrons. The Morgan fingerprint density at radius 1 is 0.808 bits per heavy atom. The zero-order valence-corrected chi connectivity index (χ0v) is 16.6. The molecule has 0 aliphatic carbocycles. The Hall–Kier alpha value is -2.11. The van der Waals surface area contributed by atoms with Crippen molar-refractivity contribution >= 4 is 17.9 Å². The highest BCUT2D eigenvalue weighted by atomic mass is 16.6. The molecule has 0 aromatic carbocycles. The topological polar surface area (TPSA) is 78.9 Å². The standard InChI is InChI=1S/C20H32O6/c1-13(2)18(21)25-16(6)10-8-9-15(5)20(23)24-12-11-17(7)26-19(22)14(3)4/h15-17H,1,3,8-12H2,2,4-7H3. The van der Waals surface area contributed by atoms with Gasteiger partial charge in [-0.2, -0.15) is 0 Å². The molecule has 3 atom stereocenters. The number of ether oxygens (including phenoxy) is 3. The lowest BCUT2D eigenvalue weighted by molar-refractivity contribution is -0.151. The summed E-state index contributed by atoms with van der Waals surface area (Å²) in [7, 11) is 0. The van der Waals surface area contributed by atoms with E-state index in [4.69, 9.17) is 14.2 Å². The highest BCUT2D eigenvalue weighted by Crippen LogP contribution is 2.14. The van der Waals surface area contributed by atoms with Crippen molar-refractivity contribution in [2.75, 3.05) is 6.61 Å². The van der Waals surface area contributed by atoms with E-state index >= 15 is 0 Å². The minimum atomic E-state index is -0.446. The molecule has 0 aromatic rings. The summed E-state index contributed by atoms with van der Waals surface area (Å²) >= 11 is 0. The van der Waals surface area contributed by atoms with Gasteiger partial charge in [0.25, 0.3) is 0 Å². The van der Waals surface area contributed by atoms with Crippen molar-refractivity contribution in [3.8, 4) is 0 Å². The van der Waals surface area contributed by atoms with Crippen LogP contribution >= 0.6 is 0 Å². The number of hydrogen-bond donors (Lipinski definition) is 0. The Morgan fingerprint density at radius 3 is 1.73 bits per heavy atom. The summed E-state index contributed by atoms with van der Waals surface area (Å²) < 4.78 is 15.5. The second-order valence-corrected chi connectivity index (χ2v) is 6.78. The molecular weight excluding hydrogens is 336 g/mol. The molecular formula is C20H32O6. The zero-order valence-electron chi connectivity index (χ0n) is 16.6. The van der Waals surface area contributed by atoms with Crippen molar-refractivity contribution in [3.05, 3.63) is 24.3 Å². The zero-order chi connectivity index (χ0) is 20.3.